The molecule has 2 aromatic rings. The van der Waals surface area contributed by atoms with E-state index in [-0.39, 0.29) is 0 Å². The van der Waals surface area contributed by atoms with Crippen molar-refractivity contribution in [1.29, 1.82) is 0 Å². The van der Waals surface area contributed by atoms with E-state index in [0.29, 0.717) is 6.04 Å². The summed E-state index contributed by atoms with van der Waals surface area (Å²) < 4.78 is 1.03. The number of rotatable bonds is 4. The van der Waals surface area contributed by atoms with E-state index in [2.05, 4.69) is 67.5 Å². The normalized spacial score (nSPS) is 18.5. The van der Waals surface area contributed by atoms with Crippen molar-refractivity contribution in [2.45, 2.75) is 25.6 Å². The summed E-state index contributed by atoms with van der Waals surface area (Å²) in [6.45, 7) is 2.90. The highest BCUT2D eigenvalue weighted by Gasteiger charge is 2.25. The average molecular weight is 346 g/mol. The van der Waals surface area contributed by atoms with Crippen molar-refractivity contribution in [1.82, 2.24) is 15.2 Å². The number of halogens is 1. The van der Waals surface area contributed by atoms with Gasteiger partial charge in [0, 0.05) is 36.3 Å². The zero-order chi connectivity index (χ0) is 14.7. The van der Waals surface area contributed by atoms with Gasteiger partial charge in [-0.25, -0.2) is 0 Å². The molecule has 0 bridgehead atoms. The summed E-state index contributed by atoms with van der Waals surface area (Å²) in [5.74, 6) is 0. The monoisotopic (exact) mass is 345 g/mol. The number of hydrogen-bond acceptors (Lipinski definition) is 3. The van der Waals surface area contributed by atoms with Crippen molar-refractivity contribution in [2.75, 3.05) is 13.6 Å². The topological polar surface area (TPSA) is 28.2 Å². The van der Waals surface area contributed by atoms with Gasteiger partial charge < -0.3 is 5.32 Å². The third-order valence-electron chi connectivity index (χ3n) is 4.06. The van der Waals surface area contributed by atoms with Crippen LogP contribution in [0, 0.1) is 0 Å². The zero-order valence-corrected chi connectivity index (χ0v) is 13.8. The van der Waals surface area contributed by atoms with Crippen molar-refractivity contribution in [2.24, 2.45) is 0 Å². The molecule has 0 fully saturated rings. The number of pyridine rings is 1. The molecule has 2 heterocycles. The summed E-state index contributed by atoms with van der Waals surface area (Å²) in [6, 6.07) is 13.5. The van der Waals surface area contributed by atoms with Crippen LogP contribution in [0.4, 0.5) is 0 Å². The first-order valence-corrected chi connectivity index (χ1v) is 8.11. The first-order valence-electron chi connectivity index (χ1n) is 7.32. The van der Waals surface area contributed by atoms with Gasteiger partial charge in [-0.05, 0) is 52.7 Å². The summed E-state index contributed by atoms with van der Waals surface area (Å²) in [7, 11) is 2.02. The Hall–Kier alpha value is -1.23. The van der Waals surface area contributed by atoms with E-state index in [1.54, 1.807) is 0 Å². The van der Waals surface area contributed by atoms with Crippen LogP contribution in [0.2, 0.25) is 0 Å². The Labute approximate surface area is 134 Å². The van der Waals surface area contributed by atoms with Crippen LogP contribution in [-0.4, -0.2) is 29.5 Å². The summed E-state index contributed by atoms with van der Waals surface area (Å²) in [5, 5.41) is 3.32. The minimum Gasteiger partial charge on any atom is -0.318 e. The van der Waals surface area contributed by atoms with Crippen LogP contribution in [0.1, 0.15) is 16.8 Å². The molecule has 21 heavy (non-hydrogen) atoms. The fourth-order valence-electron chi connectivity index (χ4n) is 2.97. The number of likely N-dealkylation sites (N-methyl/N-ethyl adjacent to an activating group) is 1. The SMILES string of the molecule is CNCC1Cc2ccccc2CN1Cc1ccc(Br)cn1. The van der Waals surface area contributed by atoms with Crippen LogP contribution in [0.15, 0.2) is 47.1 Å². The number of nitrogens with zero attached hydrogens (tertiary/aromatic N) is 2. The molecule has 0 saturated heterocycles. The number of aromatic nitrogens is 1. The molecule has 1 aromatic heterocycles. The Balaban J connectivity index is 1.80. The standard InChI is InChI=1S/C17H20BrN3/c1-19-10-17-8-13-4-2-3-5-14(13)11-21(17)12-16-7-6-15(18)9-20-16/h2-7,9,17,19H,8,10-12H2,1H3. The second-order valence-corrected chi connectivity index (χ2v) is 6.47. The molecular weight excluding hydrogens is 326 g/mol. The summed E-state index contributed by atoms with van der Waals surface area (Å²) >= 11 is 3.44. The molecule has 110 valence electrons. The molecule has 0 radical (unpaired) electrons. The van der Waals surface area contributed by atoms with Crippen molar-refractivity contribution in [3.05, 3.63) is 63.9 Å². The lowest BCUT2D eigenvalue weighted by Gasteiger charge is -2.36. The second-order valence-electron chi connectivity index (χ2n) is 5.56. The highest BCUT2D eigenvalue weighted by molar-refractivity contribution is 9.10. The van der Waals surface area contributed by atoms with Crippen LogP contribution >= 0.6 is 15.9 Å². The Morgan fingerprint density at radius 3 is 2.76 bits per heavy atom. The molecule has 0 aliphatic carbocycles. The Bertz CT molecular complexity index is 597. The molecule has 3 rings (SSSR count). The van der Waals surface area contributed by atoms with E-state index in [9.17, 15) is 0 Å². The fourth-order valence-corrected chi connectivity index (χ4v) is 3.21. The van der Waals surface area contributed by atoms with Crippen molar-refractivity contribution < 1.29 is 0 Å². The predicted molar refractivity (Wildman–Crippen MR) is 89.0 cm³/mol. The molecule has 1 aliphatic rings. The number of benzene rings is 1. The molecule has 0 spiro atoms. The van der Waals surface area contributed by atoms with Crippen LogP contribution < -0.4 is 5.32 Å². The van der Waals surface area contributed by atoms with Crippen molar-refractivity contribution >= 4 is 15.9 Å². The largest absolute Gasteiger partial charge is 0.318 e. The second kappa shape index (κ2) is 6.69. The maximum Gasteiger partial charge on any atom is 0.0545 e. The van der Waals surface area contributed by atoms with E-state index in [1.165, 1.54) is 11.1 Å². The maximum absolute atomic E-state index is 4.51. The molecule has 0 saturated carbocycles. The van der Waals surface area contributed by atoms with Gasteiger partial charge in [-0.1, -0.05) is 24.3 Å². The van der Waals surface area contributed by atoms with Gasteiger partial charge in [0.25, 0.3) is 0 Å². The Morgan fingerprint density at radius 1 is 1.24 bits per heavy atom. The Morgan fingerprint density at radius 2 is 2.05 bits per heavy atom. The molecule has 1 aliphatic heterocycles. The predicted octanol–water partition coefficient (Wildman–Crippen LogP) is 2.99. The van der Waals surface area contributed by atoms with Gasteiger partial charge in [-0.15, -0.1) is 0 Å². The van der Waals surface area contributed by atoms with Gasteiger partial charge in [-0.3, -0.25) is 9.88 Å². The van der Waals surface area contributed by atoms with E-state index in [0.717, 1.165) is 36.2 Å². The quantitative estimate of drug-likeness (QED) is 0.923. The first kappa shape index (κ1) is 14.7. The summed E-state index contributed by atoms with van der Waals surface area (Å²) in [5.41, 5.74) is 4.05. The maximum atomic E-state index is 4.51. The number of fused-ring (bicyclic) bond motifs is 1. The van der Waals surface area contributed by atoms with Crippen LogP contribution in [0.5, 0.6) is 0 Å². The first-order chi connectivity index (χ1) is 10.3. The minimum atomic E-state index is 0.523. The van der Waals surface area contributed by atoms with Gasteiger partial charge in [0.15, 0.2) is 0 Å². The van der Waals surface area contributed by atoms with E-state index in [4.69, 9.17) is 0 Å². The zero-order valence-electron chi connectivity index (χ0n) is 12.2. The molecule has 4 heteroatoms. The smallest absolute Gasteiger partial charge is 0.0545 e. The molecule has 1 aromatic carbocycles. The van der Waals surface area contributed by atoms with Gasteiger partial charge in [0.2, 0.25) is 0 Å². The Kier molecular flexibility index (Phi) is 4.68. The van der Waals surface area contributed by atoms with E-state index in [1.807, 2.05) is 13.2 Å². The number of nitrogens with one attached hydrogen (secondary N) is 1. The third-order valence-corrected chi connectivity index (χ3v) is 4.53. The van der Waals surface area contributed by atoms with Gasteiger partial charge in [0.1, 0.15) is 0 Å². The van der Waals surface area contributed by atoms with E-state index >= 15 is 0 Å². The molecule has 1 N–H and O–H groups in total. The van der Waals surface area contributed by atoms with E-state index < -0.39 is 0 Å². The molecule has 0 amide bonds. The minimum absolute atomic E-state index is 0.523. The van der Waals surface area contributed by atoms with Crippen LogP contribution in [0.25, 0.3) is 0 Å². The van der Waals surface area contributed by atoms with Gasteiger partial charge >= 0.3 is 0 Å². The lowest BCUT2D eigenvalue weighted by Crippen LogP contribution is -2.45. The highest BCUT2D eigenvalue weighted by atomic mass is 79.9. The average Bonchev–Trinajstić information content (AvgIpc) is 2.50. The molecular formula is C17H20BrN3. The summed E-state index contributed by atoms with van der Waals surface area (Å²) in [6.07, 6.45) is 2.98. The fraction of sp³-hybridized carbons (Fsp3) is 0.353. The molecule has 1 atom stereocenters. The third kappa shape index (κ3) is 3.51. The number of hydrogen-bond donors (Lipinski definition) is 1. The lowest BCUT2D eigenvalue weighted by atomic mass is 9.93. The van der Waals surface area contributed by atoms with Crippen molar-refractivity contribution in [3.8, 4) is 0 Å². The van der Waals surface area contributed by atoms with Gasteiger partial charge in [-0.2, -0.15) is 0 Å². The van der Waals surface area contributed by atoms with Crippen LogP contribution in [0.3, 0.4) is 0 Å². The summed E-state index contributed by atoms with van der Waals surface area (Å²) in [4.78, 5) is 7.04. The molecule has 1 unspecified atom stereocenters. The van der Waals surface area contributed by atoms with Gasteiger partial charge in [0.05, 0.1) is 5.69 Å². The lowest BCUT2D eigenvalue weighted by molar-refractivity contribution is 0.159. The van der Waals surface area contributed by atoms with Crippen LogP contribution in [-0.2, 0) is 19.5 Å². The molecule has 3 nitrogen and oxygen atoms in total. The highest BCUT2D eigenvalue weighted by Crippen LogP contribution is 2.24. The van der Waals surface area contributed by atoms with Crippen molar-refractivity contribution in [3.63, 3.8) is 0 Å².